The van der Waals surface area contributed by atoms with E-state index in [0.29, 0.717) is 0 Å². The number of rotatable bonds is 4. The Morgan fingerprint density at radius 1 is 1.05 bits per heavy atom. The molecule has 0 fully saturated rings. The van der Waals surface area contributed by atoms with E-state index < -0.39 is 12.1 Å². The third-order valence-corrected chi connectivity index (χ3v) is 3.54. The number of fused-ring (bicyclic) bond motifs is 1. The van der Waals surface area contributed by atoms with Crippen LogP contribution in [0, 0.1) is 0 Å². The molecule has 0 radical (unpaired) electrons. The summed E-state index contributed by atoms with van der Waals surface area (Å²) < 4.78 is 1.69. The van der Waals surface area contributed by atoms with Gasteiger partial charge in [-0.3, -0.25) is 0 Å². The third kappa shape index (κ3) is 2.68. The Hall–Kier alpha value is -2.17. The predicted molar refractivity (Wildman–Crippen MR) is 83.0 cm³/mol. The summed E-state index contributed by atoms with van der Waals surface area (Å²) in [5.74, 6) is 0. The smallest absolute Gasteiger partial charge is 0.113 e. The van der Waals surface area contributed by atoms with Crippen LogP contribution in [0.3, 0.4) is 0 Å². The minimum Gasteiger partial charge on any atom is -0.386 e. The maximum Gasteiger partial charge on any atom is 0.113 e. The number of aromatic nitrogens is 3. The molecule has 106 valence electrons. The average Bonchev–Trinajstić information content (AvgIpc) is 2.97. The minimum absolute atomic E-state index is 0.419. The fourth-order valence-electron chi connectivity index (χ4n) is 2.35. The third-order valence-electron chi connectivity index (χ3n) is 3.39. The molecule has 3 rings (SSSR count). The Bertz CT molecular complexity index is 754. The minimum atomic E-state index is -0.758. The molecule has 0 bridgehead atoms. The van der Waals surface area contributed by atoms with Crippen molar-refractivity contribution in [2.24, 2.45) is 0 Å². The molecule has 0 aliphatic heterocycles. The number of halogens is 1. The van der Waals surface area contributed by atoms with E-state index in [1.165, 1.54) is 5.54 Å². The molecule has 21 heavy (non-hydrogen) atoms. The topological polar surface area (TPSA) is 50.9 Å². The van der Waals surface area contributed by atoms with Crippen LogP contribution in [0.15, 0.2) is 66.2 Å². The Morgan fingerprint density at radius 2 is 1.76 bits per heavy atom. The van der Waals surface area contributed by atoms with Gasteiger partial charge in [-0.2, -0.15) is 0 Å². The van der Waals surface area contributed by atoms with Gasteiger partial charge in [0.1, 0.15) is 17.7 Å². The molecule has 5 heteroatoms. The van der Waals surface area contributed by atoms with Gasteiger partial charge in [0.05, 0.1) is 5.52 Å². The maximum atomic E-state index is 10.6. The number of hydrogen-bond acceptors (Lipinski definition) is 3. The highest BCUT2D eigenvalue weighted by Crippen LogP contribution is 2.29. The van der Waals surface area contributed by atoms with Gasteiger partial charge in [0.2, 0.25) is 0 Å². The zero-order valence-corrected chi connectivity index (χ0v) is 11.9. The number of nitrogens with zero attached hydrogens (tertiary/aromatic N) is 3. The van der Waals surface area contributed by atoms with Gasteiger partial charge in [0.25, 0.3) is 0 Å². The lowest BCUT2D eigenvalue weighted by molar-refractivity contribution is 0.130. The van der Waals surface area contributed by atoms with E-state index in [0.717, 1.165) is 16.6 Å². The zero-order valence-electron chi connectivity index (χ0n) is 11.2. The molecule has 1 aromatic heterocycles. The fourth-order valence-corrected chi connectivity index (χ4v) is 2.50. The van der Waals surface area contributed by atoms with Gasteiger partial charge in [0, 0.05) is 5.54 Å². The van der Waals surface area contributed by atoms with E-state index in [1.807, 2.05) is 54.6 Å². The SMILES string of the molecule is O[C@@H](c1ccccc1)[C@H](/C=C/Cl)n1nnc2ccccc21. The predicted octanol–water partition coefficient (Wildman–Crippen LogP) is 3.46. The summed E-state index contributed by atoms with van der Waals surface area (Å²) in [6, 6.07) is 16.6. The number of benzene rings is 2. The van der Waals surface area contributed by atoms with Crippen molar-refractivity contribution >= 4 is 22.6 Å². The van der Waals surface area contributed by atoms with Crippen LogP contribution in [0.4, 0.5) is 0 Å². The van der Waals surface area contributed by atoms with Crippen LogP contribution in [-0.2, 0) is 0 Å². The average molecular weight is 300 g/mol. The van der Waals surface area contributed by atoms with Crippen molar-refractivity contribution in [3.8, 4) is 0 Å². The molecule has 0 saturated carbocycles. The molecule has 4 nitrogen and oxygen atoms in total. The van der Waals surface area contributed by atoms with Crippen molar-refractivity contribution in [1.82, 2.24) is 15.0 Å². The molecule has 0 aliphatic rings. The van der Waals surface area contributed by atoms with Gasteiger partial charge in [-0.05, 0) is 23.8 Å². The summed E-state index contributed by atoms with van der Waals surface area (Å²) in [6.45, 7) is 0. The Morgan fingerprint density at radius 3 is 2.52 bits per heavy atom. The maximum absolute atomic E-state index is 10.6. The van der Waals surface area contributed by atoms with Crippen LogP contribution < -0.4 is 0 Å². The van der Waals surface area contributed by atoms with E-state index in [9.17, 15) is 5.11 Å². The van der Waals surface area contributed by atoms with Crippen molar-refractivity contribution in [2.45, 2.75) is 12.1 Å². The largest absolute Gasteiger partial charge is 0.386 e. The van der Waals surface area contributed by atoms with Crippen molar-refractivity contribution < 1.29 is 5.11 Å². The Kier molecular flexibility index (Phi) is 3.99. The number of aliphatic hydroxyl groups is 1. The highest BCUT2D eigenvalue weighted by Gasteiger charge is 2.22. The van der Waals surface area contributed by atoms with Crippen molar-refractivity contribution in [3.63, 3.8) is 0 Å². The van der Waals surface area contributed by atoms with Crippen LogP contribution in [-0.4, -0.2) is 20.1 Å². The molecule has 0 amide bonds. The zero-order chi connectivity index (χ0) is 14.7. The molecular weight excluding hydrogens is 286 g/mol. The lowest BCUT2D eigenvalue weighted by atomic mass is 10.0. The van der Waals surface area contributed by atoms with Crippen LogP contribution >= 0.6 is 11.6 Å². The molecule has 0 unspecified atom stereocenters. The summed E-state index contributed by atoms with van der Waals surface area (Å²) in [7, 11) is 0. The molecule has 1 heterocycles. The van der Waals surface area contributed by atoms with Crippen LogP contribution in [0.25, 0.3) is 11.0 Å². The second kappa shape index (κ2) is 6.08. The molecule has 3 aromatic rings. The van der Waals surface area contributed by atoms with Gasteiger partial charge >= 0.3 is 0 Å². The van der Waals surface area contributed by atoms with Crippen molar-refractivity contribution in [3.05, 3.63) is 71.8 Å². The molecule has 2 aromatic carbocycles. The molecule has 0 aliphatic carbocycles. The van der Waals surface area contributed by atoms with Crippen LogP contribution in [0.2, 0.25) is 0 Å². The van der Waals surface area contributed by atoms with E-state index in [4.69, 9.17) is 11.6 Å². The summed E-state index contributed by atoms with van der Waals surface area (Å²) in [5, 5.41) is 18.9. The first-order valence-electron chi connectivity index (χ1n) is 6.61. The van der Waals surface area contributed by atoms with Crippen molar-refractivity contribution in [2.75, 3.05) is 0 Å². The normalized spacial score (nSPS) is 14.6. The number of aliphatic hydroxyl groups excluding tert-OH is 1. The van der Waals surface area contributed by atoms with E-state index in [-0.39, 0.29) is 0 Å². The van der Waals surface area contributed by atoms with Gasteiger partial charge in [0.15, 0.2) is 0 Å². The highest BCUT2D eigenvalue weighted by atomic mass is 35.5. The number of hydrogen-bond donors (Lipinski definition) is 1. The van der Waals surface area contributed by atoms with E-state index >= 15 is 0 Å². The van der Waals surface area contributed by atoms with Gasteiger partial charge < -0.3 is 5.11 Å². The molecule has 0 spiro atoms. The van der Waals surface area contributed by atoms with Crippen molar-refractivity contribution in [1.29, 1.82) is 0 Å². The lowest BCUT2D eigenvalue weighted by Crippen LogP contribution is -2.17. The van der Waals surface area contributed by atoms with Crippen LogP contribution in [0.5, 0.6) is 0 Å². The first-order chi connectivity index (χ1) is 10.3. The Balaban J connectivity index is 2.06. The molecule has 0 saturated heterocycles. The lowest BCUT2D eigenvalue weighted by Gasteiger charge is -2.20. The fraction of sp³-hybridized carbons (Fsp3) is 0.125. The molecule has 1 N–H and O–H groups in total. The van der Waals surface area contributed by atoms with Gasteiger partial charge in [-0.25, -0.2) is 4.68 Å². The Labute approximate surface area is 127 Å². The van der Waals surface area contributed by atoms with E-state index in [1.54, 1.807) is 10.8 Å². The van der Waals surface area contributed by atoms with E-state index in [2.05, 4.69) is 10.3 Å². The molecule has 2 atom stereocenters. The second-order valence-electron chi connectivity index (χ2n) is 4.69. The monoisotopic (exact) mass is 299 g/mol. The first kappa shape index (κ1) is 13.8. The summed E-state index contributed by atoms with van der Waals surface area (Å²) in [4.78, 5) is 0. The van der Waals surface area contributed by atoms with Gasteiger partial charge in [-0.15, -0.1) is 5.10 Å². The summed E-state index contributed by atoms with van der Waals surface area (Å²) in [5.41, 5.74) is 3.84. The number of para-hydroxylation sites is 1. The van der Waals surface area contributed by atoms with Gasteiger partial charge in [-0.1, -0.05) is 59.3 Å². The molecular formula is C16H14ClN3O. The standard InChI is InChI=1S/C16H14ClN3O/c17-11-10-15(16(21)12-6-2-1-3-7-12)20-14-9-5-4-8-13(14)18-19-20/h1-11,15-16,21H/b11-10+/t15-,16-/m0/s1. The summed E-state index contributed by atoms with van der Waals surface area (Å²) >= 11 is 5.74. The van der Waals surface area contributed by atoms with Crippen LogP contribution in [0.1, 0.15) is 17.7 Å². The quantitative estimate of drug-likeness (QED) is 0.802. The second-order valence-corrected chi connectivity index (χ2v) is 4.94. The first-order valence-corrected chi connectivity index (χ1v) is 7.04. The highest BCUT2D eigenvalue weighted by molar-refractivity contribution is 6.25. The summed E-state index contributed by atoms with van der Waals surface area (Å²) in [6.07, 6.45) is 0.951.